The van der Waals surface area contributed by atoms with Gasteiger partial charge >= 0.3 is 0 Å². The lowest BCUT2D eigenvalue weighted by Crippen LogP contribution is -1.88. The molecule has 1 fully saturated rings. The van der Waals surface area contributed by atoms with Gasteiger partial charge in [0, 0.05) is 22.5 Å². The summed E-state index contributed by atoms with van der Waals surface area (Å²) in [6.07, 6.45) is 2.40. The first-order valence-corrected chi connectivity index (χ1v) is 6.65. The summed E-state index contributed by atoms with van der Waals surface area (Å²) in [4.78, 5) is 4.38. The maximum absolute atomic E-state index is 5.94. The van der Waals surface area contributed by atoms with E-state index in [0.29, 0.717) is 16.1 Å². The molecule has 1 aliphatic carbocycles. The zero-order chi connectivity index (χ0) is 11.8. The van der Waals surface area contributed by atoms with E-state index in [-0.39, 0.29) is 0 Å². The third-order valence-electron chi connectivity index (χ3n) is 2.71. The second-order valence-corrected chi connectivity index (χ2v) is 5.36. The number of aryl methyl sites for hydroxylation is 1. The first-order valence-electron chi connectivity index (χ1n) is 5.50. The van der Waals surface area contributed by atoms with E-state index in [0.717, 1.165) is 17.1 Å². The minimum Gasteiger partial charge on any atom is -0.430 e. The highest BCUT2D eigenvalue weighted by Gasteiger charge is 2.28. The van der Waals surface area contributed by atoms with E-state index in [1.165, 1.54) is 24.4 Å². The van der Waals surface area contributed by atoms with Crippen molar-refractivity contribution >= 4 is 23.1 Å². The Hall–Kier alpha value is -1.13. The second-order valence-electron chi connectivity index (χ2n) is 4.20. The fourth-order valence-corrected chi connectivity index (χ4v) is 2.33. The van der Waals surface area contributed by atoms with Crippen molar-refractivity contribution in [3.8, 4) is 10.9 Å². The highest BCUT2D eigenvalue weighted by Crippen LogP contribution is 2.40. The molecule has 1 saturated carbocycles. The number of hydrogen-bond acceptors (Lipinski definition) is 4. The van der Waals surface area contributed by atoms with E-state index in [2.05, 4.69) is 9.36 Å². The molecule has 0 amide bonds. The number of benzene rings is 1. The third-order valence-corrected chi connectivity index (χ3v) is 3.56. The first kappa shape index (κ1) is 11.0. The summed E-state index contributed by atoms with van der Waals surface area (Å²) in [5, 5.41) is 1.26. The minimum absolute atomic E-state index is 0.559. The summed E-state index contributed by atoms with van der Waals surface area (Å²) >= 11 is 7.24. The van der Waals surface area contributed by atoms with Crippen LogP contribution >= 0.6 is 23.1 Å². The van der Waals surface area contributed by atoms with Gasteiger partial charge in [-0.2, -0.15) is 9.36 Å². The van der Waals surface area contributed by atoms with Crippen molar-refractivity contribution in [3.05, 3.63) is 34.6 Å². The average molecular weight is 267 g/mol. The summed E-state index contributed by atoms with van der Waals surface area (Å²) in [5.74, 6) is 2.23. The van der Waals surface area contributed by atoms with Gasteiger partial charge in [0.05, 0.1) is 0 Å². The molecule has 0 saturated heterocycles. The van der Waals surface area contributed by atoms with Crippen molar-refractivity contribution in [1.82, 2.24) is 9.36 Å². The SMILES string of the molecule is Cc1ccc(Cl)cc1Oc1nc(C2CC2)ns1. The minimum atomic E-state index is 0.559. The highest BCUT2D eigenvalue weighted by molar-refractivity contribution is 7.07. The van der Waals surface area contributed by atoms with Crippen LogP contribution in [0.5, 0.6) is 10.9 Å². The van der Waals surface area contributed by atoms with Crippen LogP contribution in [0.3, 0.4) is 0 Å². The molecule has 0 aliphatic heterocycles. The van der Waals surface area contributed by atoms with Gasteiger partial charge in [-0.3, -0.25) is 0 Å². The number of hydrogen-bond donors (Lipinski definition) is 0. The van der Waals surface area contributed by atoms with Gasteiger partial charge in [0.1, 0.15) is 11.6 Å². The molecule has 0 spiro atoms. The second kappa shape index (κ2) is 4.27. The van der Waals surface area contributed by atoms with Gasteiger partial charge in [0.15, 0.2) is 0 Å². The van der Waals surface area contributed by atoms with E-state index in [9.17, 15) is 0 Å². The molecular weight excluding hydrogens is 256 g/mol. The van der Waals surface area contributed by atoms with Crippen molar-refractivity contribution in [2.24, 2.45) is 0 Å². The Morgan fingerprint density at radius 2 is 2.24 bits per heavy atom. The molecule has 1 aliphatic rings. The summed E-state index contributed by atoms with van der Waals surface area (Å²) in [7, 11) is 0. The molecule has 3 rings (SSSR count). The Balaban J connectivity index is 1.82. The van der Waals surface area contributed by atoms with Gasteiger partial charge < -0.3 is 4.74 Å². The zero-order valence-electron chi connectivity index (χ0n) is 9.31. The number of rotatable bonds is 3. The number of ether oxygens (including phenoxy) is 1. The molecule has 0 bridgehead atoms. The topological polar surface area (TPSA) is 35.0 Å². The normalized spacial score (nSPS) is 14.9. The Kier molecular flexibility index (Phi) is 2.76. The standard InChI is InChI=1S/C12H11ClN2OS/c1-7-2-5-9(13)6-10(7)16-12-14-11(15-17-12)8-3-4-8/h2,5-6,8H,3-4H2,1H3. The van der Waals surface area contributed by atoms with Gasteiger partial charge in [-0.05, 0) is 37.5 Å². The molecule has 3 nitrogen and oxygen atoms in total. The van der Waals surface area contributed by atoms with Crippen LogP contribution in [0.4, 0.5) is 0 Å². The summed E-state index contributed by atoms with van der Waals surface area (Å²) in [6, 6.07) is 5.58. The quantitative estimate of drug-likeness (QED) is 0.836. The van der Waals surface area contributed by atoms with Crippen molar-refractivity contribution in [2.45, 2.75) is 25.7 Å². The van der Waals surface area contributed by atoms with Crippen LogP contribution in [0.2, 0.25) is 5.02 Å². The van der Waals surface area contributed by atoms with Crippen LogP contribution in [-0.4, -0.2) is 9.36 Å². The third kappa shape index (κ3) is 2.42. The molecule has 0 atom stereocenters. The Bertz CT molecular complexity index is 551. The van der Waals surface area contributed by atoms with Crippen LogP contribution in [-0.2, 0) is 0 Å². The Morgan fingerprint density at radius 1 is 1.41 bits per heavy atom. The van der Waals surface area contributed by atoms with E-state index in [4.69, 9.17) is 16.3 Å². The van der Waals surface area contributed by atoms with Crippen LogP contribution < -0.4 is 4.74 Å². The van der Waals surface area contributed by atoms with Crippen molar-refractivity contribution in [2.75, 3.05) is 0 Å². The average Bonchev–Trinajstić information content (AvgIpc) is 3.05. The molecule has 2 aromatic rings. The van der Waals surface area contributed by atoms with Crippen LogP contribution in [0.1, 0.15) is 30.1 Å². The zero-order valence-corrected chi connectivity index (χ0v) is 10.9. The molecule has 17 heavy (non-hydrogen) atoms. The summed E-state index contributed by atoms with van der Waals surface area (Å²) < 4.78 is 10.0. The van der Waals surface area contributed by atoms with Crippen molar-refractivity contribution in [1.29, 1.82) is 0 Å². The fourth-order valence-electron chi connectivity index (χ4n) is 1.55. The lowest BCUT2D eigenvalue weighted by molar-refractivity contribution is 0.473. The largest absolute Gasteiger partial charge is 0.430 e. The number of nitrogens with zero attached hydrogens (tertiary/aromatic N) is 2. The molecule has 0 unspecified atom stereocenters. The molecule has 1 aromatic heterocycles. The lowest BCUT2D eigenvalue weighted by Gasteiger charge is -2.04. The van der Waals surface area contributed by atoms with Gasteiger partial charge in [-0.15, -0.1) is 0 Å². The van der Waals surface area contributed by atoms with Crippen LogP contribution in [0, 0.1) is 6.92 Å². The number of aromatic nitrogens is 2. The smallest absolute Gasteiger partial charge is 0.298 e. The predicted octanol–water partition coefficient (Wildman–Crippen LogP) is 4.17. The molecule has 0 radical (unpaired) electrons. The highest BCUT2D eigenvalue weighted by atomic mass is 35.5. The first-order chi connectivity index (χ1) is 8.22. The molecule has 1 heterocycles. The predicted molar refractivity (Wildman–Crippen MR) is 68.1 cm³/mol. The van der Waals surface area contributed by atoms with E-state index in [1.807, 2.05) is 19.1 Å². The molecule has 5 heteroatoms. The Labute approximate surface area is 109 Å². The lowest BCUT2D eigenvalue weighted by atomic mass is 10.2. The summed E-state index contributed by atoms with van der Waals surface area (Å²) in [6.45, 7) is 1.98. The van der Waals surface area contributed by atoms with Gasteiger partial charge in [0.2, 0.25) is 0 Å². The van der Waals surface area contributed by atoms with Crippen molar-refractivity contribution in [3.63, 3.8) is 0 Å². The fraction of sp³-hybridized carbons (Fsp3) is 0.333. The van der Waals surface area contributed by atoms with Crippen molar-refractivity contribution < 1.29 is 4.74 Å². The maximum Gasteiger partial charge on any atom is 0.298 e. The van der Waals surface area contributed by atoms with E-state index < -0.39 is 0 Å². The summed E-state index contributed by atoms with van der Waals surface area (Å²) in [5.41, 5.74) is 1.04. The van der Waals surface area contributed by atoms with Crippen LogP contribution in [0.15, 0.2) is 18.2 Å². The molecular formula is C12H11ClN2OS. The molecule has 0 N–H and O–H groups in total. The maximum atomic E-state index is 5.94. The van der Waals surface area contributed by atoms with Crippen LogP contribution in [0.25, 0.3) is 0 Å². The van der Waals surface area contributed by atoms with Gasteiger partial charge in [-0.1, -0.05) is 17.7 Å². The Morgan fingerprint density at radius 3 is 3.00 bits per heavy atom. The van der Waals surface area contributed by atoms with E-state index >= 15 is 0 Å². The number of halogens is 1. The molecule has 1 aromatic carbocycles. The van der Waals surface area contributed by atoms with E-state index in [1.54, 1.807) is 6.07 Å². The van der Waals surface area contributed by atoms with Gasteiger partial charge in [-0.25, -0.2) is 0 Å². The van der Waals surface area contributed by atoms with Gasteiger partial charge in [0.25, 0.3) is 5.19 Å². The molecule has 88 valence electrons. The monoisotopic (exact) mass is 266 g/mol.